The lowest BCUT2D eigenvalue weighted by molar-refractivity contribution is 0.100. The van der Waals surface area contributed by atoms with Crippen molar-refractivity contribution in [1.29, 1.82) is 0 Å². The van der Waals surface area contributed by atoms with E-state index in [0.717, 1.165) is 25.0 Å². The zero-order valence-electron chi connectivity index (χ0n) is 21.5. The van der Waals surface area contributed by atoms with Gasteiger partial charge in [-0.05, 0) is 51.3 Å². The molecule has 0 atom stereocenters. The van der Waals surface area contributed by atoms with Crippen LogP contribution < -0.4 is 4.74 Å². The molecule has 0 N–H and O–H groups in total. The van der Waals surface area contributed by atoms with Crippen molar-refractivity contribution in [3.05, 3.63) is 35.2 Å². The maximum Gasteiger partial charge on any atom is 0.243 e. The number of carbonyl (C=O) groups is 1. The van der Waals surface area contributed by atoms with E-state index in [1.165, 1.54) is 11.2 Å². The second-order valence-electron chi connectivity index (χ2n) is 8.27. The number of sulfonamides is 1. The smallest absolute Gasteiger partial charge is 0.243 e. The highest BCUT2D eigenvalue weighted by atomic mass is 32.2. The van der Waals surface area contributed by atoms with Crippen LogP contribution in [0.4, 0.5) is 5.69 Å². The molecule has 8 nitrogen and oxygen atoms in total. The second-order valence-corrected chi connectivity index (χ2v) is 10.2. The number of rotatable bonds is 13. The molecule has 188 valence electrons. The van der Waals surface area contributed by atoms with Crippen molar-refractivity contribution in [2.75, 3.05) is 19.7 Å². The Labute approximate surface area is 204 Å². The molecular formula is C25H38N4O4S. The van der Waals surface area contributed by atoms with E-state index in [-0.39, 0.29) is 10.7 Å². The van der Waals surface area contributed by atoms with E-state index in [2.05, 4.69) is 5.10 Å². The molecule has 0 saturated carbocycles. The average Bonchev–Trinajstić information content (AvgIpc) is 3.08. The molecule has 0 aliphatic carbocycles. The molecule has 0 fully saturated rings. The van der Waals surface area contributed by atoms with Crippen molar-refractivity contribution < 1.29 is 17.9 Å². The number of ether oxygens (including phenoxy) is 1. The molecule has 0 aliphatic rings. The number of Topliss-reactive ketones (excluding diaryl/α,β-unsaturated/α-hetero) is 1. The van der Waals surface area contributed by atoms with E-state index in [1.807, 2.05) is 27.7 Å². The van der Waals surface area contributed by atoms with Crippen LogP contribution in [0.1, 0.15) is 82.6 Å². The predicted molar refractivity (Wildman–Crippen MR) is 136 cm³/mol. The van der Waals surface area contributed by atoms with E-state index >= 15 is 0 Å². The van der Waals surface area contributed by atoms with Crippen LogP contribution in [0.5, 0.6) is 5.75 Å². The molecule has 0 amide bonds. The summed E-state index contributed by atoms with van der Waals surface area (Å²) in [4.78, 5) is 17.3. The number of ketones is 1. The number of carbonyl (C=O) groups excluding carboxylic acids is 1. The summed E-state index contributed by atoms with van der Waals surface area (Å²) in [5.41, 5.74) is 2.85. The molecule has 0 saturated heterocycles. The van der Waals surface area contributed by atoms with Gasteiger partial charge in [-0.25, -0.2) is 13.4 Å². The zero-order chi connectivity index (χ0) is 25.5. The van der Waals surface area contributed by atoms with Crippen LogP contribution in [0.15, 0.2) is 28.1 Å². The number of aromatic nitrogens is 2. The third kappa shape index (κ3) is 6.13. The van der Waals surface area contributed by atoms with Gasteiger partial charge in [0, 0.05) is 38.3 Å². The first-order valence-corrected chi connectivity index (χ1v) is 13.5. The molecule has 34 heavy (non-hydrogen) atoms. The molecule has 9 heteroatoms. The van der Waals surface area contributed by atoms with Crippen molar-refractivity contribution in [1.82, 2.24) is 14.1 Å². The Balaban J connectivity index is 2.69. The molecule has 1 aromatic heterocycles. The van der Waals surface area contributed by atoms with Gasteiger partial charge in [0.2, 0.25) is 10.0 Å². The van der Waals surface area contributed by atoms with Crippen LogP contribution in [0.25, 0.3) is 0 Å². The Morgan fingerprint density at radius 1 is 1.09 bits per heavy atom. The van der Waals surface area contributed by atoms with Gasteiger partial charge in [0.05, 0.1) is 17.2 Å². The summed E-state index contributed by atoms with van der Waals surface area (Å²) in [5, 5.41) is 4.50. The molecule has 2 aromatic rings. The highest BCUT2D eigenvalue weighted by Crippen LogP contribution is 2.30. The Hall–Kier alpha value is -2.52. The van der Waals surface area contributed by atoms with E-state index in [0.29, 0.717) is 54.5 Å². The molecular weight excluding hydrogens is 452 g/mol. The van der Waals surface area contributed by atoms with E-state index < -0.39 is 10.0 Å². The largest absolute Gasteiger partial charge is 0.493 e. The summed E-state index contributed by atoms with van der Waals surface area (Å²) < 4.78 is 35.7. The number of hydrogen-bond donors (Lipinski definition) is 0. The van der Waals surface area contributed by atoms with Gasteiger partial charge in [0.25, 0.3) is 0 Å². The highest BCUT2D eigenvalue weighted by Gasteiger charge is 2.25. The van der Waals surface area contributed by atoms with Crippen LogP contribution in [0, 0.1) is 0 Å². The maximum absolute atomic E-state index is 13.4. The van der Waals surface area contributed by atoms with Gasteiger partial charge in [0.1, 0.15) is 17.1 Å². The lowest BCUT2D eigenvalue weighted by Gasteiger charge is -2.22. The summed E-state index contributed by atoms with van der Waals surface area (Å²) in [6.07, 6.45) is 3.01. The molecule has 0 spiro atoms. The monoisotopic (exact) mass is 490 g/mol. The second kappa shape index (κ2) is 12.3. The maximum atomic E-state index is 13.4. The van der Waals surface area contributed by atoms with Gasteiger partial charge in [0.15, 0.2) is 5.78 Å². The first kappa shape index (κ1) is 27.7. The summed E-state index contributed by atoms with van der Waals surface area (Å²) in [5.74, 6) is 0.422. The van der Waals surface area contributed by atoms with Crippen molar-refractivity contribution in [3.8, 4) is 5.75 Å². The van der Waals surface area contributed by atoms with Gasteiger partial charge >= 0.3 is 0 Å². The summed E-state index contributed by atoms with van der Waals surface area (Å²) in [6, 6.07) is 4.90. The number of aryl methyl sites for hydroxylation is 2. The van der Waals surface area contributed by atoms with Gasteiger partial charge in [-0.2, -0.15) is 9.40 Å². The third-order valence-corrected chi connectivity index (χ3v) is 7.31. The van der Waals surface area contributed by atoms with E-state index in [4.69, 9.17) is 9.73 Å². The SMILES string of the molecule is CCCc1nn(C)c(C(C)=O)c1N=C(C)c1cc(S(=O)(=O)N(CCC)CCC)ccc1OCC. The predicted octanol–water partition coefficient (Wildman–Crippen LogP) is 4.93. The topological polar surface area (TPSA) is 93.9 Å². The van der Waals surface area contributed by atoms with Gasteiger partial charge in [-0.15, -0.1) is 0 Å². The molecule has 0 radical (unpaired) electrons. The zero-order valence-corrected chi connectivity index (χ0v) is 22.3. The average molecular weight is 491 g/mol. The van der Waals surface area contributed by atoms with Crippen molar-refractivity contribution in [2.24, 2.45) is 12.0 Å². The fourth-order valence-electron chi connectivity index (χ4n) is 3.95. The van der Waals surface area contributed by atoms with Crippen molar-refractivity contribution in [2.45, 2.75) is 72.1 Å². The van der Waals surface area contributed by atoms with Crippen LogP contribution in [-0.4, -0.2) is 53.7 Å². The molecule has 0 bridgehead atoms. The number of nitrogens with zero attached hydrogens (tertiary/aromatic N) is 4. The number of benzene rings is 1. The van der Waals surface area contributed by atoms with E-state index in [1.54, 1.807) is 36.9 Å². The Morgan fingerprint density at radius 3 is 2.26 bits per heavy atom. The van der Waals surface area contributed by atoms with Crippen molar-refractivity contribution >= 4 is 27.2 Å². The third-order valence-electron chi connectivity index (χ3n) is 5.42. The minimum Gasteiger partial charge on any atom is -0.493 e. The highest BCUT2D eigenvalue weighted by molar-refractivity contribution is 7.89. The minimum absolute atomic E-state index is 0.125. The Bertz CT molecular complexity index is 1130. The van der Waals surface area contributed by atoms with Crippen molar-refractivity contribution in [3.63, 3.8) is 0 Å². The summed E-state index contributed by atoms with van der Waals surface area (Å²) >= 11 is 0. The first-order valence-electron chi connectivity index (χ1n) is 12.0. The number of aliphatic imine (C=N–C) groups is 1. The van der Waals surface area contributed by atoms with Gasteiger partial charge in [-0.1, -0.05) is 27.2 Å². The Kier molecular flexibility index (Phi) is 10.00. The Morgan fingerprint density at radius 2 is 1.74 bits per heavy atom. The van der Waals surface area contributed by atoms with Crippen LogP contribution in [0.2, 0.25) is 0 Å². The molecule has 0 unspecified atom stereocenters. The van der Waals surface area contributed by atoms with Gasteiger partial charge < -0.3 is 4.74 Å². The minimum atomic E-state index is -3.67. The van der Waals surface area contributed by atoms with Gasteiger partial charge in [-0.3, -0.25) is 9.48 Å². The van der Waals surface area contributed by atoms with Crippen LogP contribution in [0.3, 0.4) is 0 Å². The first-order chi connectivity index (χ1) is 16.1. The summed E-state index contributed by atoms with van der Waals surface area (Å²) in [7, 11) is -1.93. The van der Waals surface area contributed by atoms with Crippen LogP contribution in [-0.2, 0) is 23.5 Å². The molecule has 2 rings (SSSR count). The lowest BCUT2D eigenvalue weighted by Crippen LogP contribution is -2.32. The normalized spacial score (nSPS) is 12.4. The fourth-order valence-corrected chi connectivity index (χ4v) is 5.60. The fraction of sp³-hybridized carbons (Fsp3) is 0.560. The molecule has 1 heterocycles. The molecule has 1 aromatic carbocycles. The lowest BCUT2D eigenvalue weighted by atomic mass is 10.1. The van der Waals surface area contributed by atoms with E-state index in [9.17, 15) is 13.2 Å². The summed E-state index contributed by atoms with van der Waals surface area (Å²) in [6.45, 7) is 12.5. The molecule has 0 aliphatic heterocycles. The van der Waals surface area contributed by atoms with Crippen LogP contribution >= 0.6 is 0 Å². The standard InChI is InChI=1S/C25H38N4O4S/c1-8-12-22-24(25(19(6)30)28(7)27-22)26-18(5)21-17-20(13-14-23(21)33-11-4)34(31,32)29(15-9-2)16-10-3/h13-14,17H,8-12,15-16H2,1-7H3. The number of hydrogen-bond acceptors (Lipinski definition) is 6. The quantitative estimate of drug-likeness (QED) is 0.293.